The fourth-order valence-electron chi connectivity index (χ4n) is 8.49. The van der Waals surface area contributed by atoms with E-state index >= 15 is 0 Å². The van der Waals surface area contributed by atoms with Gasteiger partial charge in [0.1, 0.15) is 0 Å². The maximum atomic E-state index is 2.58. The molecule has 2 heteroatoms. The Morgan fingerprint density at radius 3 is 1.30 bits per heavy atom. The number of hydrogen-bond donors (Lipinski definition) is 0. The van der Waals surface area contributed by atoms with E-state index in [1.807, 2.05) is 0 Å². The van der Waals surface area contributed by atoms with Gasteiger partial charge in [-0.2, -0.15) is 0 Å². The third-order valence-electron chi connectivity index (χ3n) is 10.7. The van der Waals surface area contributed by atoms with Gasteiger partial charge in [-0.3, -0.25) is 0 Å². The lowest BCUT2D eigenvalue weighted by molar-refractivity contribution is 0.835. The lowest BCUT2D eigenvalue weighted by atomic mass is 9.87. The molecule has 252 valence electrons. The number of nitrogens with zero attached hydrogens (tertiary/aromatic N) is 2. The molecule has 2 nitrogen and oxygen atoms in total. The number of hydrogen-bond acceptors (Lipinski definition) is 0. The van der Waals surface area contributed by atoms with E-state index in [4.69, 9.17) is 0 Å². The summed E-state index contributed by atoms with van der Waals surface area (Å²) in [5.41, 5.74) is 20.5. The lowest BCUT2D eigenvalue weighted by Gasteiger charge is -2.19. The Morgan fingerprint density at radius 1 is 0.435 bits per heavy atom. The van der Waals surface area contributed by atoms with Crippen molar-refractivity contribution in [1.82, 2.24) is 9.13 Å². The summed E-state index contributed by atoms with van der Waals surface area (Å²) in [6.07, 6.45) is 20.7. The molecule has 0 radical (unpaired) electrons. The van der Waals surface area contributed by atoms with Gasteiger partial charge in [-0.15, -0.1) is 0 Å². The van der Waals surface area contributed by atoms with Crippen LogP contribution in [0.25, 0.3) is 18.2 Å². The van der Waals surface area contributed by atoms with Crippen molar-refractivity contribution in [3.8, 4) is 0 Å². The molecule has 0 amide bonds. The first-order chi connectivity index (χ1) is 22.0. The molecule has 4 bridgehead atoms. The topological polar surface area (TPSA) is 9.86 Å². The quantitative estimate of drug-likeness (QED) is 0.249. The average Bonchev–Trinajstić information content (AvgIpc) is 3.45. The van der Waals surface area contributed by atoms with Crippen LogP contribution in [0.2, 0.25) is 0 Å². The van der Waals surface area contributed by atoms with Crippen molar-refractivity contribution in [2.45, 2.75) is 147 Å². The Labute approximate surface area is 283 Å². The van der Waals surface area contributed by atoms with Crippen molar-refractivity contribution >= 4 is 18.2 Å². The predicted molar refractivity (Wildman–Crippen MR) is 206 cm³/mol. The predicted octanol–water partition coefficient (Wildman–Crippen LogP) is 10.9. The van der Waals surface area contributed by atoms with Crippen LogP contribution in [0.1, 0.15) is 155 Å². The Morgan fingerprint density at radius 2 is 0.870 bits per heavy atom. The summed E-state index contributed by atoms with van der Waals surface area (Å²) in [4.78, 5) is 0. The van der Waals surface area contributed by atoms with Gasteiger partial charge in [0.05, 0.1) is 0 Å². The Bertz CT molecular complexity index is 1700. The van der Waals surface area contributed by atoms with Crippen molar-refractivity contribution in [2.75, 3.05) is 0 Å². The van der Waals surface area contributed by atoms with Crippen LogP contribution in [0, 0.1) is 0 Å². The van der Waals surface area contributed by atoms with Crippen LogP contribution in [0.3, 0.4) is 0 Å². The van der Waals surface area contributed by atoms with E-state index in [-0.39, 0.29) is 0 Å². The van der Waals surface area contributed by atoms with Crippen molar-refractivity contribution in [3.63, 3.8) is 0 Å². The van der Waals surface area contributed by atoms with E-state index in [1.165, 1.54) is 83.4 Å². The molecule has 0 atom stereocenters. The van der Waals surface area contributed by atoms with Gasteiger partial charge in [-0.05, 0) is 164 Å². The molecule has 0 saturated carbocycles. The van der Waals surface area contributed by atoms with Crippen LogP contribution in [0.5, 0.6) is 0 Å². The molecule has 0 unspecified atom stereocenters. The van der Waals surface area contributed by atoms with E-state index in [0.29, 0.717) is 0 Å². The van der Waals surface area contributed by atoms with Gasteiger partial charge in [0.15, 0.2) is 0 Å². The van der Waals surface area contributed by atoms with Gasteiger partial charge in [-0.1, -0.05) is 74.8 Å². The average molecular weight is 623 g/mol. The van der Waals surface area contributed by atoms with Gasteiger partial charge >= 0.3 is 0 Å². The highest BCUT2D eigenvalue weighted by Crippen LogP contribution is 2.34. The molecule has 2 aromatic rings. The molecule has 0 spiro atoms. The molecule has 2 aromatic heterocycles. The monoisotopic (exact) mass is 623 g/mol. The van der Waals surface area contributed by atoms with E-state index in [2.05, 4.69) is 131 Å². The highest BCUT2D eigenvalue weighted by molar-refractivity contribution is 5.68. The minimum atomic E-state index is 1.03. The minimum absolute atomic E-state index is 1.03. The zero-order chi connectivity index (χ0) is 34.3. The molecule has 1 aliphatic rings. The van der Waals surface area contributed by atoms with Crippen molar-refractivity contribution in [2.24, 2.45) is 14.1 Å². The number of aromatic nitrogens is 2. The standard InChI is InChI=1S/C44H66N2/c1-15-24-32-27-42-38(21-7)40(23-9)44(46(42)14)28-43-39(22-8)37(20-6)41(45(43)13)26-31(12)34(17-3)33(16-2)29(10)25-30(11)35(18-4)36(32)19-5/h25-28H,15-24H2,1-14H3/b29-25+,30-25?,31-26+,32-27?,33-29?,34-31?,34-33-,35-30+,36-32+,36-35?,41-26?,42-27-,43-28?,44-28-. The molecule has 0 aliphatic carbocycles. The first-order valence-corrected chi connectivity index (χ1v) is 18.6. The highest BCUT2D eigenvalue weighted by atomic mass is 15.0. The molecule has 0 fully saturated rings. The van der Waals surface area contributed by atoms with Crippen LogP contribution in [-0.2, 0) is 39.8 Å². The molecule has 0 saturated heterocycles. The SMILES string of the molecule is CCCC1=C(CC)\C(CC)=C(C)\C=C(C)\C(CC)=C(CC)/C(C)=C/c2c(CC)c(CC)c(n2C)/C=c2/c(CC)c(CC)\c(n2C)=C\1. The first-order valence-electron chi connectivity index (χ1n) is 18.6. The van der Waals surface area contributed by atoms with Crippen LogP contribution in [-0.4, -0.2) is 9.13 Å². The third-order valence-corrected chi connectivity index (χ3v) is 10.7. The number of allylic oxidation sites excluding steroid dienone is 9. The van der Waals surface area contributed by atoms with Gasteiger partial charge in [-0.25, -0.2) is 0 Å². The Hall–Kier alpha value is -3.00. The number of fused-ring (bicyclic) bond motifs is 4. The zero-order valence-electron chi connectivity index (χ0n) is 32.3. The maximum Gasteiger partial charge on any atom is 0.0465 e. The summed E-state index contributed by atoms with van der Waals surface area (Å²) in [6.45, 7) is 28.1. The molecule has 3 heterocycles. The van der Waals surface area contributed by atoms with E-state index in [9.17, 15) is 0 Å². The Kier molecular flexibility index (Phi) is 13.6. The largest absolute Gasteiger partial charge is 0.344 e. The second-order valence-corrected chi connectivity index (χ2v) is 13.2. The summed E-state index contributed by atoms with van der Waals surface area (Å²) < 4.78 is 5.01. The summed E-state index contributed by atoms with van der Waals surface area (Å²) >= 11 is 0. The summed E-state index contributed by atoms with van der Waals surface area (Å²) in [5, 5.41) is 2.76. The molecule has 3 rings (SSSR count). The van der Waals surface area contributed by atoms with Crippen molar-refractivity contribution in [3.05, 3.63) is 95.0 Å². The van der Waals surface area contributed by atoms with Gasteiger partial charge in [0, 0.05) is 36.2 Å². The van der Waals surface area contributed by atoms with Crippen molar-refractivity contribution < 1.29 is 0 Å². The summed E-state index contributed by atoms with van der Waals surface area (Å²) in [7, 11) is 4.60. The molecular formula is C44H66N2. The molecular weight excluding hydrogens is 556 g/mol. The van der Waals surface area contributed by atoms with E-state index < -0.39 is 0 Å². The lowest BCUT2D eigenvalue weighted by Crippen LogP contribution is -2.26. The zero-order valence-corrected chi connectivity index (χ0v) is 32.3. The van der Waals surface area contributed by atoms with E-state index in [1.54, 1.807) is 5.57 Å². The van der Waals surface area contributed by atoms with E-state index in [0.717, 1.165) is 64.2 Å². The van der Waals surface area contributed by atoms with Crippen LogP contribution in [0.15, 0.2) is 50.7 Å². The fraction of sp³-hybridized carbons (Fsp3) is 0.545. The van der Waals surface area contributed by atoms with Gasteiger partial charge in [0.2, 0.25) is 0 Å². The van der Waals surface area contributed by atoms with Gasteiger partial charge < -0.3 is 9.13 Å². The molecule has 1 aliphatic heterocycles. The molecule has 0 N–H and O–H groups in total. The highest BCUT2D eigenvalue weighted by Gasteiger charge is 2.20. The van der Waals surface area contributed by atoms with Crippen LogP contribution in [0.4, 0.5) is 0 Å². The summed E-state index contributed by atoms with van der Waals surface area (Å²) in [5.74, 6) is 0. The van der Waals surface area contributed by atoms with Crippen LogP contribution < -0.4 is 10.7 Å². The second-order valence-electron chi connectivity index (χ2n) is 13.2. The molecule has 46 heavy (non-hydrogen) atoms. The van der Waals surface area contributed by atoms with Gasteiger partial charge in [0.25, 0.3) is 0 Å². The first kappa shape index (κ1) is 37.5. The van der Waals surface area contributed by atoms with Crippen LogP contribution >= 0.6 is 0 Å². The number of rotatable bonds is 10. The fourth-order valence-corrected chi connectivity index (χ4v) is 8.49. The molecule has 0 aromatic carbocycles. The second kappa shape index (κ2) is 16.7. The third kappa shape index (κ3) is 7.12. The minimum Gasteiger partial charge on any atom is -0.344 e. The smallest absolute Gasteiger partial charge is 0.0465 e. The maximum absolute atomic E-state index is 2.58. The summed E-state index contributed by atoms with van der Waals surface area (Å²) in [6, 6.07) is 0. The normalized spacial score (nSPS) is 23.5. The van der Waals surface area contributed by atoms with Crippen molar-refractivity contribution in [1.29, 1.82) is 0 Å². The Balaban J connectivity index is 2.77.